The minimum atomic E-state index is 0.233. The Morgan fingerprint density at radius 2 is 2.29 bits per heavy atom. The molecule has 2 heteroatoms. The zero-order valence-electron chi connectivity index (χ0n) is 9.38. The van der Waals surface area contributed by atoms with Gasteiger partial charge in [-0.25, -0.2) is 0 Å². The molecule has 0 aromatic rings. The van der Waals surface area contributed by atoms with Crippen LogP contribution in [0.25, 0.3) is 0 Å². The number of methoxy groups -OCH3 is 1. The maximum atomic E-state index is 5.46. The average Bonchev–Trinajstić information content (AvgIpc) is 2.15. The predicted molar refractivity (Wildman–Crippen MR) is 58.0 cm³/mol. The molecular weight excluding hydrogens is 176 g/mol. The third-order valence-corrected chi connectivity index (χ3v) is 3.13. The highest BCUT2D eigenvalue weighted by atomic mass is 16.5. The molecule has 0 N–H and O–H groups in total. The van der Waals surface area contributed by atoms with Crippen LogP contribution in [0.1, 0.15) is 20.3 Å². The van der Waals surface area contributed by atoms with Gasteiger partial charge in [0.05, 0.1) is 26.6 Å². The number of rotatable bonds is 5. The molecule has 80 valence electrons. The first kappa shape index (κ1) is 11.3. The highest BCUT2D eigenvalue weighted by Gasteiger charge is 2.43. The van der Waals surface area contributed by atoms with Crippen molar-refractivity contribution in [1.82, 2.24) is 0 Å². The molecule has 0 aromatic carbocycles. The van der Waals surface area contributed by atoms with E-state index in [9.17, 15) is 0 Å². The van der Waals surface area contributed by atoms with Crippen LogP contribution in [0.2, 0.25) is 0 Å². The summed E-state index contributed by atoms with van der Waals surface area (Å²) in [5.74, 6) is 0.615. The summed E-state index contributed by atoms with van der Waals surface area (Å²) in [6.07, 6.45) is 4.75. The Balaban J connectivity index is 2.38. The smallest absolute Gasteiger partial charge is 0.0822 e. The fourth-order valence-electron chi connectivity index (χ4n) is 1.82. The molecule has 0 aromatic heterocycles. The van der Waals surface area contributed by atoms with Gasteiger partial charge in [0.15, 0.2) is 0 Å². The van der Waals surface area contributed by atoms with Crippen LogP contribution >= 0.6 is 0 Å². The molecular formula is C12H20O2. The van der Waals surface area contributed by atoms with Crippen molar-refractivity contribution in [3.8, 4) is 0 Å². The molecule has 0 radical (unpaired) electrons. The molecule has 0 spiro atoms. The summed E-state index contributed by atoms with van der Waals surface area (Å²) in [4.78, 5) is 0. The molecule has 2 nitrogen and oxygen atoms in total. The molecule has 14 heavy (non-hydrogen) atoms. The molecule has 1 rings (SSSR count). The van der Waals surface area contributed by atoms with E-state index in [4.69, 9.17) is 9.47 Å². The third-order valence-electron chi connectivity index (χ3n) is 3.13. The van der Waals surface area contributed by atoms with Crippen LogP contribution in [-0.4, -0.2) is 20.3 Å². The van der Waals surface area contributed by atoms with Gasteiger partial charge in [0.2, 0.25) is 0 Å². The lowest BCUT2D eigenvalue weighted by Crippen LogP contribution is -2.40. The van der Waals surface area contributed by atoms with Gasteiger partial charge in [-0.2, -0.15) is 0 Å². The van der Waals surface area contributed by atoms with Crippen LogP contribution in [0.3, 0.4) is 0 Å². The van der Waals surface area contributed by atoms with E-state index in [2.05, 4.69) is 20.4 Å². The van der Waals surface area contributed by atoms with E-state index < -0.39 is 0 Å². The van der Waals surface area contributed by atoms with E-state index in [1.165, 1.54) is 5.57 Å². The summed E-state index contributed by atoms with van der Waals surface area (Å²) in [6.45, 7) is 9.57. The molecule has 0 aliphatic heterocycles. The summed E-state index contributed by atoms with van der Waals surface area (Å²) >= 11 is 0. The highest BCUT2D eigenvalue weighted by molar-refractivity contribution is 5.22. The Hall–Kier alpha value is -0.760. The molecule has 1 fully saturated rings. The van der Waals surface area contributed by atoms with Gasteiger partial charge in [-0.3, -0.25) is 0 Å². The highest BCUT2D eigenvalue weighted by Crippen LogP contribution is 2.50. The monoisotopic (exact) mass is 196 g/mol. The number of hydrogen-bond acceptors (Lipinski definition) is 2. The molecule has 0 bridgehead atoms. The van der Waals surface area contributed by atoms with Gasteiger partial charge >= 0.3 is 0 Å². The Bertz CT molecular complexity index is 228. The van der Waals surface area contributed by atoms with Gasteiger partial charge in [0, 0.05) is 0 Å². The van der Waals surface area contributed by atoms with Crippen LogP contribution in [0, 0.1) is 11.3 Å². The van der Waals surface area contributed by atoms with Crippen molar-refractivity contribution in [2.75, 3.05) is 20.3 Å². The molecule has 1 aliphatic carbocycles. The fourth-order valence-corrected chi connectivity index (χ4v) is 1.82. The van der Waals surface area contributed by atoms with Crippen LogP contribution in [-0.2, 0) is 9.47 Å². The number of ether oxygens (including phenoxy) is 2. The summed E-state index contributed by atoms with van der Waals surface area (Å²) in [7, 11) is 1.70. The zero-order chi connectivity index (χ0) is 10.6. The Morgan fingerprint density at radius 3 is 2.79 bits per heavy atom. The van der Waals surface area contributed by atoms with Gasteiger partial charge in [-0.1, -0.05) is 19.9 Å². The van der Waals surface area contributed by atoms with E-state index >= 15 is 0 Å². The van der Waals surface area contributed by atoms with Gasteiger partial charge in [0.1, 0.15) is 0 Å². The van der Waals surface area contributed by atoms with E-state index in [0.717, 1.165) is 13.0 Å². The average molecular weight is 196 g/mol. The second kappa shape index (κ2) is 4.65. The zero-order valence-corrected chi connectivity index (χ0v) is 9.38. The summed E-state index contributed by atoms with van der Waals surface area (Å²) < 4.78 is 10.5. The Labute approximate surface area is 86.6 Å². The van der Waals surface area contributed by atoms with E-state index in [-0.39, 0.29) is 5.41 Å². The first-order valence-corrected chi connectivity index (χ1v) is 5.04. The van der Waals surface area contributed by atoms with Gasteiger partial charge in [0.25, 0.3) is 0 Å². The predicted octanol–water partition coefficient (Wildman–Crippen LogP) is 2.77. The van der Waals surface area contributed by atoms with Crippen molar-refractivity contribution in [3.05, 3.63) is 24.5 Å². The topological polar surface area (TPSA) is 18.5 Å². The van der Waals surface area contributed by atoms with Crippen molar-refractivity contribution in [1.29, 1.82) is 0 Å². The third kappa shape index (κ3) is 2.18. The molecule has 1 unspecified atom stereocenters. The van der Waals surface area contributed by atoms with Crippen LogP contribution < -0.4 is 0 Å². The summed E-state index contributed by atoms with van der Waals surface area (Å²) in [6, 6.07) is 0. The Kier molecular flexibility index (Phi) is 3.76. The first-order valence-electron chi connectivity index (χ1n) is 5.04. The largest absolute Gasteiger partial charge is 0.504 e. The standard InChI is InChI=1S/C12H20O2/c1-5-6-14-9-11-7-10(8-13-4)12(11,2)3/h5,8,11H,1,6-7,9H2,2-4H3. The molecule has 1 aliphatic rings. The molecule has 0 amide bonds. The van der Waals surface area contributed by atoms with Gasteiger partial charge in [-0.05, 0) is 23.3 Å². The Morgan fingerprint density at radius 1 is 1.57 bits per heavy atom. The fraction of sp³-hybridized carbons (Fsp3) is 0.667. The summed E-state index contributed by atoms with van der Waals surface area (Å²) in [5, 5.41) is 0. The van der Waals surface area contributed by atoms with Crippen molar-refractivity contribution >= 4 is 0 Å². The lowest BCUT2D eigenvalue weighted by molar-refractivity contribution is 0.0366. The summed E-state index contributed by atoms with van der Waals surface area (Å²) in [5.41, 5.74) is 1.61. The van der Waals surface area contributed by atoms with E-state index in [1.807, 2.05) is 6.26 Å². The number of hydrogen-bond donors (Lipinski definition) is 0. The van der Waals surface area contributed by atoms with Crippen molar-refractivity contribution in [3.63, 3.8) is 0 Å². The van der Waals surface area contributed by atoms with Crippen molar-refractivity contribution < 1.29 is 9.47 Å². The maximum absolute atomic E-state index is 5.46. The minimum Gasteiger partial charge on any atom is -0.504 e. The van der Waals surface area contributed by atoms with E-state index in [1.54, 1.807) is 13.2 Å². The quantitative estimate of drug-likeness (QED) is 0.382. The molecule has 1 saturated carbocycles. The minimum absolute atomic E-state index is 0.233. The second-order valence-corrected chi connectivity index (χ2v) is 4.33. The van der Waals surface area contributed by atoms with E-state index in [0.29, 0.717) is 12.5 Å². The number of allylic oxidation sites excluding steroid dienone is 1. The van der Waals surface area contributed by atoms with Crippen LogP contribution in [0.5, 0.6) is 0 Å². The van der Waals surface area contributed by atoms with Crippen LogP contribution in [0.4, 0.5) is 0 Å². The maximum Gasteiger partial charge on any atom is 0.0822 e. The van der Waals surface area contributed by atoms with Crippen molar-refractivity contribution in [2.45, 2.75) is 20.3 Å². The SMILES string of the molecule is C=CCOCC1CC(=COC)C1(C)C. The normalized spacial score (nSPS) is 27.1. The molecule has 1 atom stereocenters. The first-order chi connectivity index (χ1) is 6.62. The molecule has 0 heterocycles. The van der Waals surface area contributed by atoms with Crippen molar-refractivity contribution in [2.24, 2.45) is 11.3 Å². The second-order valence-electron chi connectivity index (χ2n) is 4.33. The van der Waals surface area contributed by atoms with Gasteiger partial charge < -0.3 is 9.47 Å². The molecule has 0 saturated heterocycles. The van der Waals surface area contributed by atoms with Gasteiger partial charge in [-0.15, -0.1) is 6.58 Å². The van der Waals surface area contributed by atoms with Crippen LogP contribution in [0.15, 0.2) is 24.5 Å². The lowest BCUT2D eigenvalue weighted by Gasteiger charge is -2.46. The lowest BCUT2D eigenvalue weighted by atomic mass is 9.59.